The van der Waals surface area contributed by atoms with Crippen LogP contribution < -0.4 is 51.4 Å². The molecular weight excluding hydrogens is 447 g/mol. The molecule has 3 aliphatic carbocycles. The van der Waals surface area contributed by atoms with Crippen molar-refractivity contribution in [2.45, 2.75) is 57.5 Å². The molecule has 1 aromatic carbocycles. The quantitative estimate of drug-likeness (QED) is 0.349. The average Bonchev–Trinajstić information content (AvgIpc) is 2.88. The maximum atomic E-state index is 11.8. The van der Waals surface area contributed by atoms with Crippen LogP contribution in [0.4, 0.5) is 0 Å². The van der Waals surface area contributed by atoms with Crippen LogP contribution in [0.1, 0.15) is 56.1 Å². The number of aromatic hydroxyl groups is 1. The summed E-state index contributed by atoms with van der Waals surface area (Å²) in [5.74, 6) is 1.23. The molecule has 0 spiro atoms. The smallest absolute Gasteiger partial charge is 0.725 e. The summed E-state index contributed by atoms with van der Waals surface area (Å²) in [6.07, 6.45) is 3.92. The third-order valence-corrected chi connectivity index (χ3v) is 8.83. The Hall–Kier alpha value is 0.436. The first-order chi connectivity index (χ1) is 13.0. The molecule has 0 aromatic heterocycles. The van der Waals surface area contributed by atoms with Crippen LogP contribution in [0, 0.1) is 17.3 Å². The van der Waals surface area contributed by atoms with Gasteiger partial charge in [0.25, 0.3) is 0 Å². The molecule has 11 heteroatoms. The van der Waals surface area contributed by atoms with Gasteiger partial charge in [0.1, 0.15) is 5.75 Å². The standard InChI is InChI=1S/C18H24O8S2.K/c1-18-9-8-14-13-5-3-12(19)10-11(13)2-4-15(14)16(18)6-7-17(18)25-28(23,24)26-27(20,21)22;/h3,5,10,14-17,19H,2,4,6-9H2,1H3,(H,20,21,22);/q;+1/p-1/t14-,15-,16+,17+,18+;/m1./s1. The average molecular weight is 471 g/mol. The number of rotatable bonds is 4. The molecule has 1 aromatic rings. The van der Waals surface area contributed by atoms with E-state index in [1.807, 2.05) is 19.1 Å². The predicted molar refractivity (Wildman–Crippen MR) is 97.3 cm³/mol. The Morgan fingerprint density at radius 3 is 2.55 bits per heavy atom. The molecule has 0 amide bonds. The second-order valence-electron chi connectivity index (χ2n) is 8.39. The zero-order valence-electron chi connectivity index (χ0n) is 16.4. The van der Waals surface area contributed by atoms with Gasteiger partial charge in [0, 0.05) is 0 Å². The second kappa shape index (κ2) is 8.41. The number of hydrogen-bond acceptors (Lipinski definition) is 8. The molecule has 5 atom stereocenters. The molecule has 0 unspecified atom stereocenters. The molecule has 0 saturated heterocycles. The van der Waals surface area contributed by atoms with E-state index in [1.165, 1.54) is 11.1 Å². The molecule has 0 bridgehead atoms. The third kappa shape index (κ3) is 4.79. The van der Waals surface area contributed by atoms with Gasteiger partial charge in [-0.05, 0) is 85.0 Å². The van der Waals surface area contributed by atoms with Crippen molar-refractivity contribution >= 4 is 20.8 Å². The first kappa shape index (κ1) is 24.1. The zero-order chi connectivity index (χ0) is 20.3. The minimum atomic E-state index is -5.41. The summed E-state index contributed by atoms with van der Waals surface area (Å²) in [6, 6.07) is 5.53. The van der Waals surface area contributed by atoms with Gasteiger partial charge in [-0.1, -0.05) is 13.0 Å². The molecule has 8 nitrogen and oxygen atoms in total. The number of benzene rings is 1. The van der Waals surface area contributed by atoms with Crippen LogP contribution in [0.5, 0.6) is 5.75 Å². The number of hydrogen-bond donors (Lipinski definition) is 1. The molecule has 0 radical (unpaired) electrons. The molecule has 0 heterocycles. The van der Waals surface area contributed by atoms with Crippen LogP contribution in [0.2, 0.25) is 0 Å². The SMILES string of the molecule is C[C@]12CC[C@@H]3c4ccc(O)cc4CC[C@H]3[C@@H]1CC[C@@H]2OS(=O)(=O)OS(=O)(=O)[O-].[K+]. The summed E-state index contributed by atoms with van der Waals surface area (Å²) < 4.78 is 64.3. The fourth-order valence-electron chi connectivity index (χ4n) is 5.94. The predicted octanol–water partition coefficient (Wildman–Crippen LogP) is -0.641. The number of aryl methyl sites for hydroxylation is 1. The summed E-state index contributed by atoms with van der Waals surface area (Å²) in [7, 11) is -10.3. The monoisotopic (exact) mass is 470 g/mol. The molecule has 4 rings (SSSR count). The van der Waals surface area contributed by atoms with E-state index >= 15 is 0 Å². The summed E-state index contributed by atoms with van der Waals surface area (Å²) in [5.41, 5.74) is 2.00. The molecule has 3 aliphatic rings. The van der Waals surface area contributed by atoms with Crippen LogP contribution >= 0.6 is 0 Å². The van der Waals surface area contributed by atoms with Crippen molar-refractivity contribution in [2.75, 3.05) is 0 Å². The van der Waals surface area contributed by atoms with Gasteiger partial charge in [0.15, 0.2) is 0 Å². The summed E-state index contributed by atoms with van der Waals surface area (Å²) in [4.78, 5) is 0. The van der Waals surface area contributed by atoms with Crippen molar-refractivity contribution in [3.05, 3.63) is 29.3 Å². The van der Waals surface area contributed by atoms with Crippen molar-refractivity contribution in [3.63, 3.8) is 0 Å². The van der Waals surface area contributed by atoms with E-state index in [1.54, 1.807) is 6.07 Å². The first-order valence-corrected chi connectivity index (χ1v) is 12.1. The normalized spacial score (nSPS) is 33.9. The summed E-state index contributed by atoms with van der Waals surface area (Å²) >= 11 is 0. The number of phenols is 1. The van der Waals surface area contributed by atoms with Crippen LogP contribution in [-0.4, -0.2) is 32.6 Å². The van der Waals surface area contributed by atoms with Crippen molar-refractivity contribution in [1.82, 2.24) is 0 Å². The fourth-order valence-corrected chi connectivity index (χ4v) is 7.48. The van der Waals surface area contributed by atoms with E-state index in [-0.39, 0.29) is 63.1 Å². The van der Waals surface area contributed by atoms with E-state index in [4.69, 9.17) is 4.18 Å². The van der Waals surface area contributed by atoms with E-state index in [9.17, 15) is 26.5 Å². The first-order valence-electron chi connectivity index (χ1n) is 9.40. The molecule has 2 fully saturated rings. The van der Waals surface area contributed by atoms with Gasteiger partial charge in [0.2, 0.25) is 10.4 Å². The Bertz CT molecular complexity index is 993. The van der Waals surface area contributed by atoms with Gasteiger partial charge in [-0.15, -0.1) is 3.63 Å². The molecule has 29 heavy (non-hydrogen) atoms. The Balaban J connectivity index is 0.00000240. The summed E-state index contributed by atoms with van der Waals surface area (Å²) in [5, 5.41) is 9.75. The van der Waals surface area contributed by atoms with Gasteiger partial charge in [-0.25, -0.2) is 12.6 Å². The van der Waals surface area contributed by atoms with Gasteiger partial charge in [-0.3, -0.25) is 0 Å². The van der Waals surface area contributed by atoms with Crippen LogP contribution in [0.25, 0.3) is 0 Å². The van der Waals surface area contributed by atoms with E-state index in [0.717, 1.165) is 32.1 Å². The maximum Gasteiger partial charge on any atom is 1.00 e. The van der Waals surface area contributed by atoms with Crippen LogP contribution in [0.15, 0.2) is 18.2 Å². The molecule has 156 valence electrons. The van der Waals surface area contributed by atoms with Gasteiger partial charge in [0.05, 0.1) is 6.10 Å². The molecule has 2 saturated carbocycles. The largest absolute Gasteiger partial charge is 1.00 e. The maximum absolute atomic E-state index is 11.8. The Morgan fingerprint density at radius 2 is 1.86 bits per heavy atom. The van der Waals surface area contributed by atoms with Crippen LogP contribution in [-0.2, 0) is 35.0 Å². The zero-order valence-corrected chi connectivity index (χ0v) is 21.2. The Morgan fingerprint density at radius 1 is 1.14 bits per heavy atom. The van der Waals surface area contributed by atoms with Crippen molar-refractivity contribution in [1.29, 1.82) is 0 Å². The van der Waals surface area contributed by atoms with Crippen molar-refractivity contribution < 1.29 is 85.7 Å². The Labute approximate surface area is 214 Å². The molecule has 1 N–H and O–H groups in total. The van der Waals surface area contributed by atoms with Gasteiger partial charge < -0.3 is 9.66 Å². The molecular formula is C18H23KO8S2. The van der Waals surface area contributed by atoms with E-state index in [2.05, 4.69) is 3.63 Å². The van der Waals surface area contributed by atoms with Gasteiger partial charge >= 0.3 is 61.8 Å². The third-order valence-electron chi connectivity index (χ3n) is 7.02. The minimum absolute atomic E-state index is 0. The number of phenolic OH excluding ortho intramolecular Hbond substituents is 1. The van der Waals surface area contributed by atoms with Crippen LogP contribution in [0.3, 0.4) is 0 Å². The van der Waals surface area contributed by atoms with Gasteiger partial charge in [-0.2, -0.15) is 8.42 Å². The van der Waals surface area contributed by atoms with E-state index in [0.29, 0.717) is 18.3 Å². The minimum Gasteiger partial charge on any atom is -0.725 e. The topological polar surface area (TPSA) is 130 Å². The van der Waals surface area contributed by atoms with E-state index < -0.39 is 32.3 Å². The molecule has 0 aliphatic heterocycles. The van der Waals surface area contributed by atoms with Crippen molar-refractivity contribution in [3.8, 4) is 5.75 Å². The Kier molecular flexibility index (Phi) is 6.99. The van der Waals surface area contributed by atoms with Crippen molar-refractivity contribution in [2.24, 2.45) is 17.3 Å². The second-order valence-corrected chi connectivity index (χ2v) is 10.8. The summed E-state index contributed by atoms with van der Waals surface area (Å²) in [6.45, 7) is 1.99. The fraction of sp³-hybridized carbons (Fsp3) is 0.667. The number of fused-ring (bicyclic) bond motifs is 5.